The second-order valence-electron chi connectivity index (χ2n) is 3.38. The highest BCUT2D eigenvalue weighted by Gasteiger charge is 2.19. The molecule has 1 N–H and O–H groups in total. The minimum Gasteiger partial charge on any atom is -0.372 e. The first-order valence-electron chi connectivity index (χ1n) is 4.52. The van der Waals surface area contributed by atoms with E-state index in [0.717, 1.165) is 0 Å². The fraction of sp³-hybridized carbons (Fsp3) is 0.167. The van der Waals surface area contributed by atoms with Crippen LogP contribution in [-0.2, 0) is 0 Å². The number of hydrogen-bond acceptors (Lipinski definition) is 1. The van der Waals surface area contributed by atoms with E-state index < -0.39 is 4.51 Å². The smallest absolute Gasteiger partial charge is 0.156 e. The van der Waals surface area contributed by atoms with Crippen molar-refractivity contribution in [3.8, 4) is 0 Å². The first kappa shape index (κ1) is 9.69. The predicted molar refractivity (Wildman–Crippen MR) is 61.3 cm³/mol. The molecule has 2 rings (SSSR count). The molecule has 1 aromatic carbocycles. The van der Waals surface area contributed by atoms with Crippen LogP contribution in [0.25, 0.3) is 0 Å². The lowest BCUT2D eigenvalue weighted by atomic mass is 9.94. The van der Waals surface area contributed by atoms with Crippen LogP contribution in [-0.4, -0.2) is 9.62 Å². The zero-order valence-corrected chi connectivity index (χ0v) is 9.18. The Morgan fingerprint density at radius 1 is 1.07 bits per heavy atom. The van der Waals surface area contributed by atoms with Gasteiger partial charge in [-0.15, -0.1) is 0 Å². The molecule has 1 aromatic rings. The van der Waals surface area contributed by atoms with E-state index >= 15 is 0 Å². The SMILES string of the molecule is OC1(Br)C=CC(c2ccccc2)C=C1. The van der Waals surface area contributed by atoms with Crippen LogP contribution in [0.2, 0.25) is 0 Å². The topological polar surface area (TPSA) is 20.2 Å². The van der Waals surface area contributed by atoms with Gasteiger partial charge in [-0.25, -0.2) is 0 Å². The van der Waals surface area contributed by atoms with E-state index in [1.807, 2.05) is 30.4 Å². The number of alkyl halides is 1. The van der Waals surface area contributed by atoms with Gasteiger partial charge in [0.15, 0.2) is 4.51 Å². The molecular weight excluding hydrogens is 240 g/mol. The third-order valence-electron chi connectivity index (χ3n) is 2.26. The molecule has 0 amide bonds. The van der Waals surface area contributed by atoms with Crippen LogP contribution < -0.4 is 0 Å². The molecule has 0 aromatic heterocycles. The van der Waals surface area contributed by atoms with Gasteiger partial charge in [0.25, 0.3) is 0 Å². The van der Waals surface area contributed by atoms with Crippen LogP contribution in [0.1, 0.15) is 11.5 Å². The molecule has 0 atom stereocenters. The van der Waals surface area contributed by atoms with Crippen molar-refractivity contribution < 1.29 is 5.11 Å². The summed E-state index contributed by atoms with van der Waals surface area (Å²) < 4.78 is -0.960. The number of halogens is 1. The van der Waals surface area contributed by atoms with Crippen molar-refractivity contribution in [2.75, 3.05) is 0 Å². The Hall–Kier alpha value is -0.860. The number of allylic oxidation sites excluding steroid dienone is 2. The largest absolute Gasteiger partial charge is 0.372 e. The van der Waals surface area contributed by atoms with Gasteiger partial charge in [-0.05, 0) is 33.6 Å². The van der Waals surface area contributed by atoms with E-state index in [0.29, 0.717) is 0 Å². The number of hydrogen-bond donors (Lipinski definition) is 1. The van der Waals surface area contributed by atoms with Gasteiger partial charge in [-0.1, -0.05) is 42.5 Å². The standard InChI is InChI=1S/C12H11BrO/c13-12(14)8-6-11(7-9-12)10-4-2-1-3-5-10/h1-9,11,14H. The molecule has 1 aliphatic rings. The van der Waals surface area contributed by atoms with Crippen LogP contribution in [0.3, 0.4) is 0 Å². The molecule has 0 fully saturated rings. The first-order chi connectivity index (χ1) is 6.67. The summed E-state index contributed by atoms with van der Waals surface area (Å²) in [6.45, 7) is 0. The molecule has 2 heteroatoms. The molecule has 0 radical (unpaired) electrons. The summed E-state index contributed by atoms with van der Waals surface area (Å²) >= 11 is 3.17. The summed E-state index contributed by atoms with van der Waals surface area (Å²) in [4.78, 5) is 0. The highest BCUT2D eigenvalue weighted by atomic mass is 79.9. The summed E-state index contributed by atoms with van der Waals surface area (Å²) in [5, 5.41) is 9.58. The van der Waals surface area contributed by atoms with Crippen molar-refractivity contribution in [1.82, 2.24) is 0 Å². The summed E-state index contributed by atoms with van der Waals surface area (Å²) in [5.74, 6) is 0.272. The fourth-order valence-corrected chi connectivity index (χ4v) is 1.80. The first-order valence-corrected chi connectivity index (χ1v) is 5.32. The zero-order chi connectivity index (χ0) is 10.0. The number of rotatable bonds is 1. The van der Waals surface area contributed by atoms with Crippen LogP contribution in [0.15, 0.2) is 54.6 Å². The van der Waals surface area contributed by atoms with Crippen molar-refractivity contribution in [3.05, 3.63) is 60.2 Å². The Bertz CT molecular complexity index is 349. The lowest BCUT2D eigenvalue weighted by Gasteiger charge is -2.19. The fourth-order valence-electron chi connectivity index (χ4n) is 1.49. The quantitative estimate of drug-likeness (QED) is 0.601. The van der Waals surface area contributed by atoms with Crippen molar-refractivity contribution in [3.63, 3.8) is 0 Å². The van der Waals surface area contributed by atoms with Gasteiger partial charge in [0, 0.05) is 5.92 Å². The monoisotopic (exact) mass is 250 g/mol. The molecule has 0 unspecified atom stereocenters. The van der Waals surface area contributed by atoms with Gasteiger partial charge in [0.2, 0.25) is 0 Å². The predicted octanol–water partition coefficient (Wildman–Crippen LogP) is 2.98. The molecule has 72 valence electrons. The average Bonchev–Trinajstić information content (AvgIpc) is 2.19. The highest BCUT2D eigenvalue weighted by molar-refractivity contribution is 9.10. The van der Waals surface area contributed by atoms with E-state index in [-0.39, 0.29) is 5.92 Å². The molecule has 0 heterocycles. The van der Waals surface area contributed by atoms with Crippen molar-refractivity contribution in [2.24, 2.45) is 0 Å². The average molecular weight is 251 g/mol. The normalized spacial score (nSPS) is 30.6. The minimum atomic E-state index is -0.960. The second kappa shape index (κ2) is 3.71. The summed E-state index contributed by atoms with van der Waals surface area (Å²) in [5.41, 5.74) is 1.24. The van der Waals surface area contributed by atoms with E-state index in [1.165, 1.54) is 5.56 Å². The molecule has 0 bridgehead atoms. The molecular formula is C12H11BrO. The molecule has 14 heavy (non-hydrogen) atoms. The molecule has 0 aliphatic heterocycles. The Balaban J connectivity index is 2.22. The summed E-state index contributed by atoms with van der Waals surface area (Å²) in [6, 6.07) is 10.2. The van der Waals surface area contributed by atoms with Gasteiger partial charge < -0.3 is 5.11 Å². The maximum absolute atomic E-state index is 9.58. The maximum atomic E-state index is 9.58. The van der Waals surface area contributed by atoms with Crippen molar-refractivity contribution in [2.45, 2.75) is 10.4 Å². The summed E-state index contributed by atoms with van der Waals surface area (Å²) in [7, 11) is 0. The minimum absolute atomic E-state index is 0.272. The zero-order valence-electron chi connectivity index (χ0n) is 7.60. The van der Waals surface area contributed by atoms with Crippen LogP contribution >= 0.6 is 15.9 Å². The molecule has 0 spiro atoms. The van der Waals surface area contributed by atoms with E-state index in [9.17, 15) is 5.11 Å². The van der Waals surface area contributed by atoms with E-state index in [4.69, 9.17) is 0 Å². The molecule has 1 aliphatic carbocycles. The molecule has 0 saturated heterocycles. The van der Waals surface area contributed by atoms with E-state index in [1.54, 1.807) is 12.2 Å². The van der Waals surface area contributed by atoms with Crippen molar-refractivity contribution in [1.29, 1.82) is 0 Å². The molecule has 1 nitrogen and oxygen atoms in total. The van der Waals surface area contributed by atoms with Crippen LogP contribution in [0.4, 0.5) is 0 Å². The highest BCUT2D eigenvalue weighted by Crippen LogP contribution is 2.29. The lowest BCUT2D eigenvalue weighted by molar-refractivity contribution is 0.243. The van der Waals surface area contributed by atoms with Gasteiger partial charge in [0.1, 0.15) is 0 Å². The number of aliphatic hydroxyl groups is 1. The second-order valence-corrected chi connectivity index (χ2v) is 4.65. The van der Waals surface area contributed by atoms with E-state index in [2.05, 4.69) is 28.1 Å². The van der Waals surface area contributed by atoms with Gasteiger partial charge in [-0.2, -0.15) is 0 Å². The maximum Gasteiger partial charge on any atom is 0.156 e. The third-order valence-corrected chi connectivity index (χ3v) is 2.79. The van der Waals surface area contributed by atoms with Crippen LogP contribution in [0, 0.1) is 0 Å². The molecule has 0 saturated carbocycles. The summed E-state index contributed by atoms with van der Waals surface area (Å²) in [6.07, 6.45) is 7.49. The Morgan fingerprint density at radius 3 is 2.21 bits per heavy atom. The Kier molecular flexibility index (Phi) is 2.57. The van der Waals surface area contributed by atoms with Gasteiger partial charge >= 0.3 is 0 Å². The van der Waals surface area contributed by atoms with Gasteiger partial charge in [0.05, 0.1) is 0 Å². The number of benzene rings is 1. The lowest BCUT2D eigenvalue weighted by Crippen LogP contribution is -2.15. The van der Waals surface area contributed by atoms with Gasteiger partial charge in [-0.3, -0.25) is 0 Å². The van der Waals surface area contributed by atoms with Crippen molar-refractivity contribution >= 4 is 15.9 Å². The Morgan fingerprint density at radius 2 is 1.64 bits per heavy atom. The third kappa shape index (κ3) is 2.14. The van der Waals surface area contributed by atoms with Crippen LogP contribution in [0.5, 0.6) is 0 Å². The Labute approximate surface area is 91.9 Å².